The highest BCUT2D eigenvalue weighted by atomic mass is 16.3. The number of nitrogens with two attached hydrogens (primary N) is 1. The summed E-state index contributed by atoms with van der Waals surface area (Å²) in [7, 11) is 2.00. The molecule has 7 nitrogen and oxygen atoms in total. The minimum Gasteiger partial charge on any atom is -0.389 e. The van der Waals surface area contributed by atoms with Crippen LogP contribution in [-0.4, -0.2) is 43.8 Å². The number of anilines is 2. The Labute approximate surface area is 141 Å². The van der Waals surface area contributed by atoms with E-state index in [1.165, 1.54) is 0 Å². The van der Waals surface area contributed by atoms with Gasteiger partial charge in [-0.1, -0.05) is 6.92 Å². The van der Waals surface area contributed by atoms with Crippen molar-refractivity contribution < 1.29 is 5.11 Å². The second kappa shape index (κ2) is 5.90. The third-order valence-corrected chi connectivity index (χ3v) is 3.93. The van der Waals surface area contributed by atoms with Crippen molar-refractivity contribution in [3.05, 3.63) is 18.5 Å². The maximum absolute atomic E-state index is 10.4. The molecular formula is C17H24N6O. The standard InChI is InChI=1S/C17H24N6O/c1-5-8-22(4)16-21-13-14(23(16)10-17(2,3)24)11-9-19-7-6-12(11)20-15(13)18/h6-7,9,24H,5,8,10H2,1-4H3,(H2,18,20). The van der Waals surface area contributed by atoms with Crippen LogP contribution in [0.4, 0.5) is 11.8 Å². The molecule has 0 aliphatic heterocycles. The predicted molar refractivity (Wildman–Crippen MR) is 97.1 cm³/mol. The summed E-state index contributed by atoms with van der Waals surface area (Å²) < 4.78 is 2.02. The number of nitrogens with zero attached hydrogens (tertiary/aromatic N) is 5. The van der Waals surface area contributed by atoms with Crippen LogP contribution < -0.4 is 10.6 Å². The lowest BCUT2D eigenvalue weighted by Gasteiger charge is -2.24. The van der Waals surface area contributed by atoms with E-state index < -0.39 is 5.60 Å². The molecular weight excluding hydrogens is 304 g/mol. The topological polar surface area (TPSA) is 93.1 Å². The summed E-state index contributed by atoms with van der Waals surface area (Å²) >= 11 is 0. The lowest BCUT2D eigenvalue weighted by atomic mass is 10.1. The van der Waals surface area contributed by atoms with E-state index in [1.807, 2.05) is 17.7 Å². The predicted octanol–water partition coefficient (Wildman–Crippen LogP) is 2.18. The zero-order valence-electron chi connectivity index (χ0n) is 14.6. The van der Waals surface area contributed by atoms with Crippen molar-refractivity contribution in [2.75, 3.05) is 24.2 Å². The molecule has 0 amide bonds. The molecule has 128 valence electrons. The van der Waals surface area contributed by atoms with Gasteiger partial charge in [0.15, 0.2) is 5.82 Å². The number of aliphatic hydroxyl groups is 1. The molecule has 3 aromatic heterocycles. The molecule has 0 saturated carbocycles. The van der Waals surface area contributed by atoms with Gasteiger partial charge in [0.05, 0.1) is 23.2 Å². The van der Waals surface area contributed by atoms with Crippen molar-refractivity contribution in [1.82, 2.24) is 19.5 Å². The smallest absolute Gasteiger partial charge is 0.206 e. The molecule has 0 saturated heterocycles. The lowest BCUT2D eigenvalue weighted by Crippen LogP contribution is -2.29. The fraction of sp³-hybridized carbons (Fsp3) is 0.471. The van der Waals surface area contributed by atoms with Crippen LogP contribution in [0.3, 0.4) is 0 Å². The van der Waals surface area contributed by atoms with Crippen LogP contribution in [0.5, 0.6) is 0 Å². The summed E-state index contributed by atoms with van der Waals surface area (Å²) in [4.78, 5) is 15.5. The van der Waals surface area contributed by atoms with Gasteiger partial charge in [-0.3, -0.25) is 4.98 Å². The number of nitrogen functional groups attached to an aromatic ring is 1. The fourth-order valence-corrected chi connectivity index (χ4v) is 3.01. The summed E-state index contributed by atoms with van der Waals surface area (Å²) in [6.45, 7) is 6.95. The van der Waals surface area contributed by atoms with Crippen molar-refractivity contribution >= 4 is 33.7 Å². The molecule has 0 atom stereocenters. The average molecular weight is 328 g/mol. The largest absolute Gasteiger partial charge is 0.389 e. The van der Waals surface area contributed by atoms with Gasteiger partial charge >= 0.3 is 0 Å². The Morgan fingerprint density at radius 2 is 2.08 bits per heavy atom. The molecule has 3 N–H and O–H groups in total. The zero-order valence-corrected chi connectivity index (χ0v) is 14.6. The molecule has 7 heteroatoms. The molecule has 3 aromatic rings. The first kappa shape index (κ1) is 16.4. The van der Waals surface area contributed by atoms with Crippen LogP contribution in [0, 0.1) is 0 Å². The Morgan fingerprint density at radius 3 is 2.75 bits per heavy atom. The highest BCUT2D eigenvalue weighted by Gasteiger charge is 2.24. The van der Waals surface area contributed by atoms with Crippen molar-refractivity contribution in [2.24, 2.45) is 0 Å². The van der Waals surface area contributed by atoms with E-state index in [0.717, 1.165) is 35.3 Å². The second-order valence-corrected chi connectivity index (χ2v) is 6.82. The maximum atomic E-state index is 10.4. The van der Waals surface area contributed by atoms with Crippen molar-refractivity contribution in [3.8, 4) is 0 Å². The van der Waals surface area contributed by atoms with Crippen molar-refractivity contribution in [3.63, 3.8) is 0 Å². The van der Waals surface area contributed by atoms with Gasteiger partial charge in [-0.15, -0.1) is 0 Å². The number of rotatable bonds is 5. The molecule has 0 fully saturated rings. The fourth-order valence-electron chi connectivity index (χ4n) is 3.01. The summed E-state index contributed by atoms with van der Waals surface area (Å²) in [5, 5.41) is 11.3. The third-order valence-electron chi connectivity index (χ3n) is 3.93. The number of fused-ring (bicyclic) bond motifs is 3. The molecule has 0 bridgehead atoms. The van der Waals surface area contributed by atoms with Gasteiger partial charge in [-0.2, -0.15) is 0 Å². The summed E-state index contributed by atoms with van der Waals surface area (Å²) in [6, 6.07) is 1.84. The highest BCUT2D eigenvalue weighted by Crippen LogP contribution is 2.32. The molecule has 24 heavy (non-hydrogen) atoms. The van der Waals surface area contributed by atoms with E-state index in [0.29, 0.717) is 17.9 Å². The molecule has 0 radical (unpaired) electrons. The second-order valence-electron chi connectivity index (χ2n) is 6.82. The minimum atomic E-state index is -0.887. The van der Waals surface area contributed by atoms with E-state index >= 15 is 0 Å². The summed E-state index contributed by atoms with van der Waals surface area (Å²) in [5.74, 6) is 1.17. The van der Waals surface area contributed by atoms with Crippen LogP contribution in [0.2, 0.25) is 0 Å². The first-order valence-electron chi connectivity index (χ1n) is 8.14. The van der Waals surface area contributed by atoms with Crippen LogP contribution in [0.25, 0.3) is 21.9 Å². The van der Waals surface area contributed by atoms with Gasteiger partial charge in [0.1, 0.15) is 5.52 Å². The van der Waals surface area contributed by atoms with Crippen LogP contribution in [-0.2, 0) is 6.54 Å². The average Bonchev–Trinajstić information content (AvgIpc) is 2.86. The number of pyridine rings is 2. The molecule has 0 unspecified atom stereocenters. The molecule has 0 aromatic carbocycles. The Bertz CT molecular complexity index is 880. The highest BCUT2D eigenvalue weighted by molar-refractivity contribution is 6.07. The van der Waals surface area contributed by atoms with Gasteiger partial charge in [-0.05, 0) is 26.3 Å². The van der Waals surface area contributed by atoms with E-state index in [9.17, 15) is 5.11 Å². The first-order chi connectivity index (χ1) is 11.3. The van der Waals surface area contributed by atoms with Gasteiger partial charge in [0.25, 0.3) is 0 Å². The van der Waals surface area contributed by atoms with Gasteiger partial charge in [0, 0.05) is 31.4 Å². The van der Waals surface area contributed by atoms with Crippen molar-refractivity contribution in [2.45, 2.75) is 39.3 Å². The van der Waals surface area contributed by atoms with Gasteiger partial charge in [0.2, 0.25) is 5.95 Å². The van der Waals surface area contributed by atoms with Gasteiger partial charge < -0.3 is 20.3 Å². The molecule has 0 aliphatic carbocycles. The van der Waals surface area contributed by atoms with Crippen LogP contribution in [0.1, 0.15) is 27.2 Å². The number of aromatic nitrogens is 4. The summed E-state index contributed by atoms with van der Waals surface area (Å²) in [5.41, 5.74) is 7.56. The van der Waals surface area contributed by atoms with E-state index in [-0.39, 0.29) is 0 Å². The monoisotopic (exact) mass is 328 g/mol. The van der Waals surface area contributed by atoms with Gasteiger partial charge in [-0.25, -0.2) is 9.97 Å². The first-order valence-corrected chi connectivity index (χ1v) is 8.14. The lowest BCUT2D eigenvalue weighted by molar-refractivity contribution is 0.0631. The van der Waals surface area contributed by atoms with Crippen molar-refractivity contribution in [1.29, 1.82) is 0 Å². The molecule has 3 rings (SSSR count). The Kier molecular flexibility index (Phi) is 4.04. The Morgan fingerprint density at radius 1 is 1.33 bits per heavy atom. The summed E-state index contributed by atoms with van der Waals surface area (Å²) in [6.07, 6.45) is 4.47. The minimum absolute atomic E-state index is 0.393. The zero-order chi connectivity index (χ0) is 17.5. The third kappa shape index (κ3) is 2.87. The van der Waals surface area contributed by atoms with Crippen LogP contribution >= 0.6 is 0 Å². The Hall–Kier alpha value is -2.41. The number of hydrogen-bond acceptors (Lipinski definition) is 6. The van der Waals surface area contributed by atoms with Crippen LogP contribution in [0.15, 0.2) is 18.5 Å². The number of hydrogen-bond donors (Lipinski definition) is 2. The SMILES string of the molecule is CCCN(C)c1nc2c(N)nc3ccncc3c2n1CC(C)(C)O. The Balaban J connectivity index is 2.37. The quantitative estimate of drug-likeness (QED) is 0.745. The van der Waals surface area contributed by atoms with E-state index in [1.54, 1.807) is 26.2 Å². The molecule has 0 spiro atoms. The number of imidazole rings is 1. The van der Waals surface area contributed by atoms with E-state index in [2.05, 4.69) is 21.8 Å². The van der Waals surface area contributed by atoms with E-state index in [4.69, 9.17) is 10.7 Å². The molecule has 3 heterocycles. The normalized spacial score (nSPS) is 12.2. The maximum Gasteiger partial charge on any atom is 0.206 e. The molecule has 0 aliphatic rings.